The summed E-state index contributed by atoms with van der Waals surface area (Å²) in [5.41, 5.74) is 6.33. The summed E-state index contributed by atoms with van der Waals surface area (Å²) in [5, 5.41) is 3.52. The zero-order valence-electron chi connectivity index (χ0n) is 15.2. The lowest BCUT2D eigenvalue weighted by atomic mass is 10.1. The lowest BCUT2D eigenvalue weighted by Gasteiger charge is -2.17. The van der Waals surface area contributed by atoms with Crippen LogP contribution < -0.4 is 25.3 Å². The SMILES string of the molecule is COc1cc(C(=O)NC(C)c2ccc(Cl)cc2)cc(OC)c1OCC(N)=O. The van der Waals surface area contributed by atoms with E-state index in [2.05, 4.69) is 5.32 Å². The molecule has 1 atom stereocenters. The summed E-state index contributed by atoms with van der Waals surface area (Å²) in [5.74, 6) is -0.269. The molecule has 0 aromatic heterocycles. The topological polar surface area (TPSA) is 99.9 Å². The van der Waals surface area contributed by atoms with Crippen molar-refractivity contribution < 1.29 is 23.8 Å². The molecule has 0 aliphatic rings. The van der Waals surface area contributed by atoms with Crippen molar-refractivity contribution in [2.24, 2.45) is 5.73 Å². The number of rotatable bonds is 8. The van der Waals surface area contributed by atoms with Gasteiger partial charge in [-0.2, -0.15) is 0 Å². The molecule has 0 radical (unpaired) electrons. The fourth-order valence-corrected chi connectivity index (χ4v) is 2.54. The Labute approximate surface area is 162 Å². The molecule has 3 N–H and O–H groups in total. The molecule has 0 aliphatic heterocycles. The number of carbonyl (C=O) groups is 2. The van der Waals surface area contributed by atoms with E-state index in [4.69, 9.17) is 31.5 Å². The Kier molecular flexibility index (Phi) is 6.90. The summed E-state index contributed by atoms with van der Waals surface area (Å²) < 4.78 is 15.9. The van der Waals surface area contributed by atoms with Gasteiger partial charge < -0.3 is 25.3 Å². The summed E-state index contributed by atoms with van der Waals surface area (Å²) in [6.45, 7) is 1.52. The number of halogens is 1. The van der Waals surface area contributed by atoms with Crippen molar-refractivity contribution in [3.63, 3.8) is 0 Å². The Bertz CT molecular complexity index is 798. The molecule has 0 aliphatic carbocycles. The van der Waals surface area contributed by atoms with Gasteiger partial charge in [-0.05, 0) is 36.8 Å². The average molecular weight is 393 g/mol. The molecule has 2 aromatic carbocycles. The molecular formula is C19H21ClN2O5. The quantitative estimate of drug-likeness (QED) is 0.719. The Morgan fingerprint density at radius 1 is 1.11 bits per heavy atom. The number of nitrogens with two attached hydrogens (primary N) is 1. The molecule has 0 fully saturated rings. The van der Waals surface area contributed by atoms with E-state index in [9.17, 15) is 9.59 Å². The molecule has 8 heteroatoms. The summed E-state index contributed by atoms with van der Waals surface area (Å²) >= 11 is 5.89. The molecule has 7 nitrogen and oxygen atoms in total. The smallest absolute Gasteiger partial charge is 0.255 e. The zero-order chi connectivity index (χ0) is 20.0. The number of nitrogens with one attached hydrogen (secondary N) is 1. The van der Waals surface area contributed by atoms with Gasteiger partial charge in [0.05, 0.1) is 20.3 Å². The summed E-state index contributed by atoms with van der Waals surface area (Å²) in [6, 6.07) is 9.97. The van der Waals surface area contributed by atoms with Crippen LogP contribution in [0.5, 0.6) is 17.2 Å². The third-order valence-corrected chi connectivity index (χ3v) is 4.05. The van der Waals surface area contributed by atoms with Gasteiger partial charge in [-0.25, -0.2) is 0 Å². The van der Waals surface area contributed by atoms with E-state index < -0.39 is 5.91 Å². The van der Waals surface area contributed by atoms with Crippen LogP contribution in [0.1, 0.15) is 28.9 Å². The highest BCUT2D eigenvalue weighted by Gasteiger charge is 2.19. The zero-order valence-corrected chi connectivity index (χ0v) is 16.0. The van der Waals surface area contributed by atoms with Gasteiger partial charge in [-0.1, -0.05) is 23.7 Å². The normalized spacial score (nSPS) is 11.4. The van der Waals surface area contributed by atoms with Gasteiger partial charge in [0.1, 0.15) is 0 Å². The maximum absolute atomic E-state index is 12.6. The standard InChI is InChI=1S/C19H21ClN2O5/c1-11(12-4-6-14(20)7-5-12)22-19(24)13-8-15(25-2)18(16(9-13)26-3)27-10-17(21)23/h4-9,11H,10H2,1-3H3,(H2,21,23)(H,22,24). The van der Waals surface area contributed by atoms with E-state index in [1.165, 1.54) is 26.4 Å². The van der Waals surface area contributed by atoms with E-state index in [1.807, 2.05) is 19.1 Å². The predicted octanol–water partition coefficient (Wildman–Crippen LogP) is 2.71. The second-order valence-corrected chi connectivity index (χ2v) is 6.15. The van der Waals surface area contributed by atoms with E-state index >= 15 is 0 Å². The van der Waals surface area contributed by atoms with Crippen LogP contribution in [0.25, 0.3) is 0 Å². The van der Waals surface area contributed by atoms with Crippen LogP contribution in [0.4, 0.5) is 0 Å². The first-order valence-electron chi connectivity index (χ1n) is 8.09. The van der Waals surface area contributed by atoms with Crippen molar-refractivity contribution in [1.82, 2.24) is 5.32 Å². The summed E-state index contributed by atoms with van der Waals surface area (Å²) in [7, 11) is 2.84. The largest absolute Gasteiger partial charge is 0.493 e. The molecule has 0 saturated carbocycles. The molecule has 0 heterocycles. The Morgan fingerprint density at radius 2 is 1.67 bits per heavy atom. The first-order valence-corrected chi connectivity index (χ1v) is 8.47. The molecule has 2 amide bonds. The van der Waals surface area contributed by atoms with Gasteiger partial charge in [0.25, 0.3) is 11.8 Å². The second kappa shape index (κ2) is 9.14. The highest BCUT2D eigenvalue weighted by Crippen LogP contribution is 2.38. The predicted molar refractivity (Wildman–Crippen MR) is 102 cm³/mol. The molecule has 27 heavy (non-hydrogen) atoms. The second-order valence-electron chi connectivity index (χ2n) is 5.71. The lowest BCUT2D eigenvalue weighted by molar-refractivity contribution is -0.120. The van der Waals surface area contributed by atoms with E-state index in [1.54, 1.807) is 12.1 Å². The molecule has 0 saturated heterocycles. The van der Waals surface area contributed by atoms with Gasteiger partial charge in [-0.3, -0.25) is 9.59 Å². The Balaban J connectivity index is 2.24. The van der Waals surface area contributed by atoms with Crippen molar-refractivity contribution in [1.29, 1.82) is 0 Å². The summed E-state index contributed by atoms with van der Waals surface area (Å²) in [6.07, 6.45) is 0. The molecule has 144 valence electrons. The van der Waals surface area contributed by atoms with Crippen molar-refractivity contribution >= 4 is 23.4 Å². The van der Waals surface area contributed by atoms with Crippen LogP contribution in [-0.2, 0) is 4.79 Å². The number of benzene rings is 2. The molecule has 1 unspecified atom stereocenters. The van der Waals surface area contributed by atoms with Gasteiger partial charge in [-0.15, -0.1) is 0 Å². The fourth-order valence-electron chi connectivity index (χ4n) is 2.41. The van der Waals surface area contributed by atoms with Crippen LogP contribution in [0, 0.1) is 0 Å². The fraction of sp³-hybridized carbons (Fsp3) is 0.263. The lowest BCUT2D eigenvalue weighted by Crippen LogP contribution is -2.26. The number of hydrogen-bond acceptors (Lipinski definition) is 5. The highest BCUT2D eigenvalue weighted by molar-refractivity contribution is 6.30. The third-order valence-electron chi connectivity index (χ3n) is 3.80. The van der Waals surface area contributed by atoms with Crippen LogP contribution in [0.15, 0.2) is 36.4 Å². The monoisotopic (exact) mass is 392 g/mol. The number of methoxy groups -OCH3 is 2. The minimum Gasteiger partial charge on any atom is -0.493 e. The van der Waals surface area contributed by atoms with E-state index in [-0.39, 0.29) is 35.8 Å². The third kappa shape index (κ3) is 5.27. The van der Waals surface area contributed by atoms with Crippen molar-refractivity contribution in [2.75, 3.05) is 20.8 Å². The first-order chi connectivity index (χ1) is 12.8. The van der Waals surface area contributed by atoms with Crippen molar-refractivity contribution in [3.8, 4) is 17.2 Å². The van der Waals surface area contributed by atoms with Gasteiger partial charge >= 0.3 is 0 Å². The number of hydrogen-bond donors (Lipinski definition) is 2. The molecule has 2 aromatic rings. The maximum atomic E-state index is 12.6. The highest BCUT2D eigenvalue weighted by atomic mass is 35.5. The Hall–Kier alpha value is -2.93. The van der Waals surface area contributed by atoms with Crippen molar-refractivity contribution in [3.05, 3.63) is 52.5 Å². The number of carbonyl (C=O) groups excluding carboxylic acids is 2. The maximum Gasteiger partial charge on any atom is 0.255 e. The van der Waals surface area contributed by atoms with Gasteiger partial charge in [0.15, 0.2) is 18.1 Å². The van der Waals surface area contributed by atoms with Crippen LogP contribution in [0.3, 0.4) is 0 Å². The molecule has 2 rings (SSSR count). The van der Waals surface area contributed by atoms with Crippen molar-refractivity contribution in [2.45, 2.75) is 13.0 Å². The minimum atomic E-state index is -0.641. The molecule has 0 bridgehead atoms. The molecular weight excluding hydrogens is 372 g/mol. The van der Waals surface area contributed by atoms with Crippen LogP contribution >= 0.6 is 11.6 Å². The number of primary amides is 1. The summed E-state index contributed by atoms with van der Waals surface area (Å²) in [4.78, 5) is 23.6. The molecule has 0 spiro atoms. The van der Waals surface area contributed by atoms with Crippen LogP contribution in [0.2, 0.25) is 5.02 Å². The van der Waals surface area contributed by atoms with E-state index in [0.29, 0.717) is 10.6 Å². The van der Waals surface area contributed by atoms with E-state index in [0.717, 1.165) is 5.56 Å². The number of ether oxygens (including phenoxy) is 3. The number of amides is 2. The van der Waals surface area contributed by atoms with Crippen LogP contribution in [-0.4, -0.2) is 32.6 Å². The Morgan fingerprint density at radius 3 is 2.15 bits per heavy atom. The van der Waals surface area contributed by atoms with Gasteiger partial charge in [0, 0.05) is 10.6 Å². The first kappa shape index (κ1) is 20.4. The minimum absolute atomic E-state index is 0.195. The average Bonchev–Trinajstić information content (AvgIpc) is 2.65. The van der Waals surface area contributed by atoms with Gasteiger partial charge in [0.2, 0.25) is 5.75 Å².